The summed E-state index contributed by atoms with van der Waals surface area (Å²) in [5.41, 5.74) is 2.92. The first-order chi connectivity index (χ1) is 14.4. The minimum absolute atomic E-state index is 0.0340. The monoisotopic (exact) mass is 422 g/mol. The lowest BCUT2D eigenvalue weighted by molar-refractivity contribution is 0.0930. The van der Waals surface area contributed by atoms with Gasteiger partial charge in [-0.15, -0.1) is 0 Å². The van der Waals surface area contributed by atoms with Crippen LogP contribution >= 0.6 is 11.8 Å². The number of halogens is 2. The Morgan fingerprint density at radius 3 is 2.23 bits per heavy atom. The molecule has 0 amide bonds. The number of aromatic nitrogens is 2. The Morgan fingerprint density at radius 2 is 1.57 bits per heavy atom. The topological polar surface area (TPSA) is 52.0 Å². The second kappa shape index (κ2) is 8.20. The number of rotatable bonds is 5. The molecule has 4 rings (SSSR count). The zero-order valence-corrected chi connectivity index (χ0v) is 16.7. The summed E-state index contributed by atoms with van der Waals surface area (Å²) in [6, 6.07) is 19.0. The average molecular weight is 422 g/mol. The van der Waals surface area contributed by atoms with Gasteiger partial charge in [0.05, 0.1) is 16.8 Å². The first-order valence-electron chi connectivity index (χ1n) is 9.14. The molecule has 7 heteroatoms. The van der Waals surface area contributed by atoms with Crippen LogP contribution in [0.4, 0.5) is 8.78 Å². The maximum absolute atomic E-state index is 13.6. The van der Waals surface area contributed by atoms with Crippen molar-refractivity contribution in [1.82, 2.24) is 9.55 Å². The first-order valence-corrected chi connectivity index (χ1v) is 10.1. The van der Waals surface area contributed by atoms with E-state index in [2.05, 4.69) is 4.98 Å². The van der Waals surface area contributed by atoms with Gasteiger partial charge < -0.3 is 0 Å². The molecule has 0 atom stereocenters. The van der Waals surface area contributed by atoms with Crippen molar-refractivity contribution in [2.75, 3.05) is 5.75 Å². The summed E-state index contributed by atoms with van der Waals surface area (Å²) in [6.45, 7) is 1.30. The van der Waals surface area contributed by atoms with Crippen molar-refractivity contribution in [2.24, 2.45) is 0 Å². The standard InChI is InChI=1S/C23H16F2N2O2S/c1-14(28)27-21-12-19(25)18(24)11-20(21)26-23(27)30-13-22(29)17-9-7-16(8-10-17)15-5-3-2-4-6-15/h2-12H,13H2,1H3. The van der Waals surface area contributed by atoms with E-state index in [4.69, 9.17) is 0 Å². The van der Waals surface area contributed by atoms with Crippen LogP contribution < -0.4 is 0 Å². The molecular weight excluding hydrogens is 406 g/mol. The summed E-state index contributed by atoms with van der Waals surface area (Å²) >= 11 is 1.05. The van der Waals surface area contributed by atoms with Crippen LogP contribution in [0.15, 0.2) is 71.9 Å². The summed E-state index contributed by atoms with van der Waals surface area (Å²) in [6.07, 6.45) is 0. The van der Waals surface area contributed by atoms with Crippen LogP contribution in [0.2, 0.25) is 0 Å². The fourth-order valence-corrected chi connectivity index (χ4v) is 4.09. The zero-order chi connectivity index (χ0) is 21.3. The van der Waals surface area contributed by atoms with Crippen LogP contribution in [0.1, 0.15) is 22.1 Å². The molecule has 3 aromatic carbocycles. The number of benzene rings is 3. The summed E-state index contributed by atoms with van der Waals surface area (Å²) in [5.74, 6) is -2.60. The van der Waals surface area contributed by atoms with Gasteiger partial charge in [-0.2, -0.15) is 0 Å². The van der Waals surface area contributed by atoms with Crippen molar-refractivity contribution in [1.29, 1.82) is 0 Å². The number of Topliss-reactive ketones (excluding diaryl/α,β-unsaturated/α-hetero) is 1. The van der Waals surface area contributed by atoms with Gasteiger partial charge in [0.25, 0.3) is 0 Å². The van der Waals surface area contributed by atoms with Crippen molar-refractivity contribution >= 4 is 34.5 Å². The fraction of sp³-hybridized carbons (Fsp3) is 0.0870. The normalized spacial score (nSPS) is 11.0. The minimum Gasteiger partial charge on any atom is -0.293 e. The van der Waals surface area contributed by atoms with Crippen LogP contribution in [-0.2, 0) is 0 Å². The third-order valence-electron chi connectivity index (χ3n) is 4.63. The van der Waals surface area contributed by atoms with Gasteiger partial charge in [-0.3, -0.25) is 14.2 Å². The van der Waals surface area contributed by atoms with E-state index >= 15 is 0 Å². The highest BCUT2D eigenvalue weighted by Crippen LogP contribution is 2.27. The van der Waals surface area contributed by atoms with E-state index in [1.54, 1.807) is 12.1 Å². The fourth-order valence-electron chi connectivity index (χ4n) is 3.14. The van der Waals surface area contributed by atoms with Crippen LogP contribution in [0.5, 0.6) is 0 Å². The molecule has 0 aliphatic carbocycles. The van der Waals surface area contributed by atoms with E-state index in [0.717, 1.165) is 35.0 Å². The van der Waals surface area contributed by atoms with Gasteiger partial charge in [-0.1, -0.05) is 66.4 Å². The van der Waals surface area contributed by atoms with Gasteiger partial charge in [0.1, 0.15) is 0 Å². The van der Waals surface area contributed by atoms with Gasteiger partial charge in [0, 0.05) is 24.6 Å². The molecule has 150 valence electrons. The highest BCUT2D eigenvalue weighted by molar-refractivity contribution is 7.99. The van der Waals surface area contributed by atoms with Crippen LogP contribution in [0.25, 0.3) is 22.2 Å². The predicted molar refractivity (Wildman–Crippen MR) is 113 cm³/mol. The van der Waals surface area contributed by atoms with Gasteiger partial charge in [0.2, 0.25) is 5.91 Å². The molecule has 0 radical (unpaired) electrons. The van der Waals surface area contributed by atoms with Crippen molar-refractivity contribution in [3.05, 3.63) is 83.9 Å². The molecular formula is C23H16F2N2O2S. The molecule has 1 heterocycles. The van der Waals surface area contributed by atoms with Crippen molar-refractivity contribution in [3.63, 3.8) is 0 Å². The lowest BCUT2D eigenvalue weighted by Gasteiger charge is -2.06. The quantitative estimate of drug-likeness (QED) is 0.310. The van der Waals surface area contributed by atoms with E-state index in [1.807, 2.05) is 42.5 Å². The zero-order valence-electron chi connectivity index (χ0n) is 15.9. The summed E-state index contributed by atoms with van der Waals surface area (Å²) in [4.78, 5) is 28.8. The summed E-state index contributed by atoms with van der Waals surface area (Å²) in [5, 5.41) is 0.219. The van der Waals surface area contributed by atoms with E-state index in [-0.39, 0.29) is 27.7 Å². The van der Waals surface area contributed by atoms with E-state index < -0.39 is 17.5 Å². The molecule has 0 N–H and O–H groups in total. The average Bonchev–Trinajstić information content (AvgIpc) is 3.10. The third kappa shape index (κ3) is 3.89. The Kier molecular flexibility index (Phi) is 5.46. The Labute approximate surface area is 175 Å². The molecule has 0 spiro atoms. The SMILES string of the molecule is CC(=O)n1c(SCC(=O)c2ccc(-c3ccccc3)cc2)nc2cc(F)c(F)cc21. The second-order valence-corrected chi connectivity index (χ2v) is 7.60. The molecule has 0 bridgehead atoms. The van der Waals surface area contributed by atoms with Crippen LogP contribution in [0, 0.1) is 11.6 Å². The highest BCUT2D eigenvalue weighted by Gasteiger charge is 2.18. The number of hydrogen-bond donors (Lipinski definition) is 0. The molecule has 0 fully saturated rings. The molecule has 4 nitrogen and oxygen atoms in total. The van der Waals surface area contributed by atoms with Crippen molar-refractivity contribution in [2.45, 2.75) is 12.1 Å². The molecule has 1 aromatic heterocycles. The largest absolute Gasteiger partial charge is 0.293 e. The number of imidazole rings is 1. The van der Waals surface area contributed by atoms with Crippen LogP contribution in [0.3, 0.4) is 0 Å². The summed E-state index contributed by atoms with van der Waals surface area (Å²) in [7, 11) is 0. The number of thioether (sulfide) groups is 1. The molecule has 0 saturated carbocycles. The van der Waals surface area contributed by atoms with Gasteiger partial charge in [-0.25, -0.2) is 13.8 Å². The maximum Gasteiger partial charge on any atom is 0.230 e. The Hall–Kier alpha value is -3.32. The number of carbonyl (C=O) groups excluding carboxylic acids is 2. The highest BCUT2D eigenvalue weighted by atomic mass is 32.2. The molecule has 0 saturated heterocycles. The third-order valence-corrected chi connectivity index (χ3v) is 5.57. The number of hydrogen-bond acceptors (Lipinski definition) is 4. The second-order valence-electron chi connectivity index (χ2n) is 6.66. The number of nitrogens with zero attached hydrogens (tertiary/aromatic N) is 2. The Bertz CT molecular complexity index is 1250. The lowest BCUT2D eigenvalue weighted by atomic mass is 10.0. The minimum atomic E-state index is -1.06. The molecule has 30 heavy (non-hydrogen) atoms. The smallest absolute Gasteiger partial charge is 0.230 e. The molecule has 0 aliphatic heterocycles. The number of carbonyl (C=O) groups is 2. The van der Waals surface area contributed by atoms with E-state index in [9.17, 15) is 18.4 Å². The van der Waals surface area contributed by atoms with E-state index in [1.165, 1.54) is 11.5 Å². The van der Waals surface area contributed by atoms with E-state index in [0.29, 0.717) is 5.56 Å². The first kappa shape index (κ1) is 20.0. The Morgan fingerprint density at radius 1 is 0.933 bits per heavy atom. The molecule has 0 aliphatic rings. The predicted octanol–water partition coefficient (Wildman–Crippen LogP) is 5.62. The van der Waals surface area contributed by atoms with Gasteiger partial charge in [0.15, 0.2) is 22.6 Å². The van der Waals surface area contributed by atoms with Gasteiger partial charge >= 0.3 is 0 Å². The summed E-state index contributed by atoms with van der Waals surface area (Å²) < 4.78 is 28.3. The number of ketones is 1. The lowest BCUT2D eigenvalue weighted by Crippen LogP contribution is -2.09. The maximum atomic E-state index is 13.6. The number of fused-ring (bicyclic) bond motifs is 1. The molecule has 4 aromatic rings. The van der Waals surface area contributed by atoms with Crippen molar-refractivity contribution in [3.8, 4) is 11.1 Å². The van der Waals surface area contributed by atoms with Crippen molar-refractivity contribution < 1.29 is 18.4 Å². The van der Waals surface area contributed by atoms with Crippen LogP contribution in [-0.4, -0.2) is 27.0 Å². The molecule has 0 unspecified atom stereocenters. The Balaban J connectivity index is 1.54. The van der Waals surface area contributed by atoms with Gasteiger partial charge in [-0.05, 0) is 11.1 Å².